The quantitative estimate of drug-likeness (QED) is 0.444. The Morgan fingerprint density at radius 1 is 1.14 bits per heavy atom. The van der Waals surface area contributed by atoms with Crippen LogP contribution in [0.25, 0.3) is 16.7 Å². The number of aliphatic hydroxyl groups is 1. The lowest BCUT2D eigenvalue weighted by atomic mass is 10.1. The molecule has 8 nitrogen and oxygen atoms in total. The summed E-state index contributed by atoms with van der Waals surface area (Å²) < 4.78 is 41.6. The third-order valence-electron chi connectivity index (χ3n) is 5.94. The highest BCUT2D eigenvalue weighted by molar-refractivity contribution is 5.95. The molecule has 4 heterocycles. The van der Waals surface area contributed by atoms with Crippen molar-refractivity contribution >= 4 is 28.2 Å². The number of nitrogens with one attached hydrogen (secondary N) is 1. The molecule has 1 saturated heterocycles. The van der Waals surface area contributed by atoms with Gasteiger partial charge in [-0.2, -0.15) is 18.4 Å². The summed E-state index contributed by atoms with van der Waals surface area (Å²) in [4.78, 5) is 23.4. The average molecular weight is 492 g/mol. The van der Waals surface area contributed by atoms with Crippen LogP contribution in [0, 0.1) is 11.3 Å². The summed E-state index contributed by atoms with van der Waals surface area (Å²) in [6, 6.07) is 15.3. The Kier molecular flexibility index (Phi) is 5.81. The predicted octanol–water partition coefficient (Wildman–Crippen LogP) is 3.99. The van der Waals surface area contributed by atoms with Gasteiger partial charge in [-0.25, -0.2) is 9.97 Å². The molecule has 0 amide bonds. The molecule has 5 rings (SSSR count). The topological polar surface area (TPSA) is 107 Å². The number of hydrogen-bond acceptors (Lipinski definition) is 7. The summed E-state index contributed by atoms with van der Waals surface area (Å²) in [5.41, 5.74) is -1.68. The first-order chi connectivity index (χ1) is 17.3. The zero-order valence-corrected chi connectivity index (χ0v) is 18.7. The number of benzene rings is 1. The summed E-state index contributed by atoms with van der Waals surface area (Å²) in [5, 5.41) is 22.9. The molecule has 36 heavy (non-hydrogen) atoms. The minimum Gasteiger partial charge on any atom is -0.391 e. The molecular weight excluding hydrogens is 473 g/mol. The maximum absolute atomic E-state index is 13.5. The van der Waals surface area contributed by atoms with Crippen molar-refractivity contribution in [3.05, 3.63) is 82.4 Å². The lowest BCUT2D eigenvalue weighted by Gasteiger charge is -2.19. The van der Waals surface area contributed by atoms with Crippen molar-refractivity contribution in [2.75, 3.05) is 23.3 Å². The number of aliphatic hydroxyl groups excluding tert-OH is 1. The van der Waals surface area contributed by atoms with Gasteiger partial charge in [-0.15, -0.1) is 0 Å². The van der Waals surface area contributed by atoms with E-state index in [1.165, 1.54) is 12.3 Å². The van der Waals surface area contributed by atoms with E-state index in [2.05, 4.69) is 15.3 Å². The zero-order chi connectivity index (χ0) is 25.4. The molecule has 0 radical (unpaired) electrons. The van der Waals surface area contributed by atoms with Crippen LogP contribution in [0.1, 0.15) is 17.7 Å². The maximum atomic E-state index is 13.5. The second-order valence-corrected chi connectivity index (χ2v) is 8.32. The van der Waals surface area contributed by atoms with Crippen LogP contribution in [-0.2, 0) is 6.18 Å². The molecule has 1 aliphatic heterocycles. The highest BCUT2D eigenvalue weighted by Gasteiger charge is 2.33. The van der Waals surface area contributed by atoms with E-state index in [4.69, 9.17) is 0 Å². The third-order valence-corrected chi connectivity index (χ3v) is 5.94. The van der Waals surface area contributed by atoms with Gasteiger partial charge in [-0.1, -0.05) is 18.2 Å². The maximum Gasteiger partial charge on any atom is 0.433 e. The molecule has 0 bridgehead atoms. The fourth-order valence-electron chi connectivity index (χ4n) is 4.23. The van der Waals surface area contributed by atoms with Crippen LogP contribution in [0.5, 0.6) is 0 Å². The van der Waals surface area contributed by atoms with Crippen LogP contribution >= 0.6 is 0 Å². The molecule has 182 valence electrons. The second-order valence-electron chi connectivity index (χ2n) is 8.32. The Balaban J connectivity index is 1.71. The zero-order valence-electron chi connectivity index (χ0n) is 18.7. The number of para-hydroxylation sites is 1. The molecule has 2 N–H and O–H groups in total. The third kappa shape index (κ3) is 4.23. The molecule has 0 spiro atoms. The van der Waals surface area contributed by atoms with Gasteiger partial charge in [0.15, 0.2) is 0 Å². The Morgan fingerprint density at radius 2 is 1.92 bits per heavy atom. The molecule has 0 unspecified atom stereocenters. The van der Waals surface area contributed by atoms with Gasteiger partial charge in [0.1, 0.15) is 28.8 Å². The Morgan fingerprint density at radius 3 is 2.58 bits per heavy atom. The van der Waals surface area contributed by atoms with E-state index in [1.54, 1.807) is 42.5 Å². The molecular formula is C25H19F3N6O2. The normalized spacial score (nSPS) is 15.8. The van der Waals surface area contributed by atoms with Crippen molar-refractivity contribution < 1.29 is 18.3 Å². The fourth-order valence-corrected chi connectivity index (χ4v) is 4.23. The number of aromatic nitrogens is 3. The van der Waals surface area contributed by atoms with E-state index >= 15 is 0 Å². The molecule has 1 fully saturated rings. The lowest BCUT2D eigenvalue weighted by Crippen LogP contribution is -2.25. The lowest BCUT2D eigenvalue weighted by molar-refractivity contribution is -0.141. The minimum atomic E-state index is -4.73. The number of alkyl halides is 3. The molecule has 1 atom stereocenters. The van der Waals surface area contributed by atoms with E-state index in [1.807, 2.05) is 11.0 Å². The number of nitriles is 1. The largest absolute Gasteiger partial charge is 0.433 e. The highest BCUT2D eigenvalue weighted by atomic mass is 19.4. The average Bonchev–Trinajstić information content (AvgIpc) is 3.30. The second kappa shape index (κ2) is 8.98. The van der Waals surface area contributed by atoms with Gasteiger partial charge in [0.2, 0.25) is 0 Å². The van der Waals surface area contributed by atoms with Crippen molar-refractivity contribution in [3.8, 4) is 11.8 Å². The van der Waals surface area contributed by atoms with E-state index in [0.29, 0.717) is 31.0 Å². The van der Waals surface area contributed by atoms with Gasteiger partial charge in [0.25, 0.3) is 5.56 Å². The molecule has 0 saturated carbocycles. The molecule has 4 aromatic rings. The molecule has 1 aromatic carbocycles. The minimum absolute atomic E-state index is 0.0458. The van der Waals surface area contributed by atoms with Gasteiger partial charge in [0, 0.05) is 36.4 Å². The number of fused-ring (bicyclic) bond motifs is 1. The van der Waals surface area contributed by atoms with E-state index < -0.39 is 23.5 Å². The molecule has 0 aliphatic carbocycles. The monoisotopic (exact) mass is 492 g/mol. The number of anilines is 3. The number of pyridine rings is 3. The number of rotatable bonds is 4. The van der Waals surface area contributed by atoms with E-state index in [9.17, 15) is 28.3 Å². The van der Waals surface area contributed by atoms with Crippen LogP contribution in [0.3, 0.4) is 0 Å². The first-order valence-corrected chi connectivity index (χ1v) is 11.0. The SMILES string of the molecule is N#Cc1c(Nc2ccnc(N3CC[C@H](O)C3)c2)c2ccc(C(F)(F)F)nc2n(-c2ccccc2)c1=O. The Hall–Kier alpha value is -4.43. The number of β-amino-alcohol motifs (C(OH)–C–C–N with tert-alkyl or cyclic N) is 1. The van der Waals surface area contributed by atoms with Crippen LogP contribution in [0.15, 0.2) is 65.6 Å². The van der Waals surface area contributed by atoms with Crippen LogP contribution in [0.4, 0.5) is 30.4 Å². The summed E-state index contributed by atoms with van der Waals surface area (Å²) in [6.07, 6.45) is -3.06. The molecule has 11 heteroatoms. The predicted molar refractivity (Wildman–Crippen MR) is 127 cm³/mol. The van der Waals surface area contributed by atoms with Crippen molar-refractivity contribution in [1.82, 2.24) is 14.5 Å². The van der Waals surface area contributed by atoms with Crippen LogP contribution in [-0.4, -0.2) is 38.8 Å². The summed E-state index contributed by atoms with van der Waals surface area (Å²) in [6.45, 7) is 1.03. The van der Waals surface area contributed by atoms with Crippen molar-refractivity contribution in [3.63, 3.8) is 0 Å². The van der Waals surface area contributed by atoms with Crippen molar-refractivity contribution in [1.29, 1.82) is 5.26 Å². The van der Waals surface area contributed by atoms with Crippen molar-refractivity contribution in [2.24, 2.45) is 0 Å². The first-order valence-electron chi connectivity index (χ1n) is 11.0. The molecule has 1 aliphatic rings. The smallest absolute Gasteiger partial charge is 0.391 e. The number of halogens is 3. The van der Waals surface area contributed by atoms with Gasteiger partial charge >= 0.3 is 6.18 Å². The van der Waals surface area contributed by atoms with Gasteiger partial charge in [-0.05, 0) is 36.8 Å². The molecule has 3 aromatic heterocycles. The van der Waals surface area contributed by atoms with E-state index in [-0.39, 0.29) is 28.0 Å². The number of hydrogen-bond donors (Lipinski definition) is 2. The number of nitrogens with zero attached hydrogens (tertiary/aromatic N) is 5. The first kappa shape index (κ1) is 23.3. The standard InChI is InChI=1S/C25H19F3N6O2/c26-25(27,28)20-7-6-18-22(31-15-8-10-30-21(12-15)33-11-9-17(35)14-33)19(13-29)24(36)34(23(18)32-20)16-4-2-1-3-5-16/h1-8,10,12,17,35H,9,11,14H2,(H,30,31)/t17-/m0/s1. The Bertz CT molecular complexity index is 1550. The van der Waals surface area contributed by atoms with Crippen molar-refractivity contribution in [2.45, 2.75) is 18.7 Å². The highest BCUT2D eigenvalue weighted by Crippen LogP contribution is 2.34. The summed E-state index contributed by atoms with van der Waals surface area (Å²) >= 11 is 0. The van der Waals surface area contributed by atoms with Gasteiger partial charge < -0.3 is 15.3 Å². The van der Waals surface area contributed by atoms with E-state index in [0.717, 1.165) is 10.6 Å². The Labute approximate surface area is 202 Å². The van der Waals surface area contributed by atoms with Gasteiger partial charge in [-0.3, -0.25) is 9.36 Å². The van der Waals surface area contributed by atoms with Crippen LogP contribution < -0.4 is 15.8 Å². The van der Waals surface area contributed by atoms with Crippen LogP contribution in [0.2, 0.25) is 0 Å². The van der Waals surface area contributed by atoms with Gasteiger partial charge in [0.05, 0.1) is 17.5 Å². The summed E-state index contributed by atoms with van der Waals surface area (Å²) in [7, 11) is 0. The fraction of sp³-hybridized carbons (Fsp3) is 0.200. The summed E-state index contributed by atoms with van der Waals surface area (Å²) in [5.74, 6) is 0.578.